The van der Waals surface area contributed by atoms with Crippen LogP contribution < -0.4 is 21.3 Å². The van der Waals surface area contributed by atoms with Gasteiger partial charge in [-0.1, -0.05) is 32.6 Å². The number of nitrogens with zero attached hydrogens (tertiary/aromatic N) is 3. The van der Waals surface area contributed by atoms with Crippen molar-refractivity contribution in [2.45, 2.75) is 71.9 Å². The molecular formula is C14H28N6O. The number of nitrogens with one attached hydrogen (secondary N) is 2. The second-order valence-corrected chi connectivity index (χ2v) is 5.47. The lowest BCUT2D eigenvalue weighted by Crippen LogP contribution is -2.20. The van der Waals surface area contributed by atoms with Crippen molar-refractivity contribution in [1.82, 2.24) is 15.0 Å². The van der Waals surface area contributed by atoms with E-state index in [9.17, 15) is 0 Å². The number of nitrogen functional groups attached to an aromatic ring is 1. The van der Waals surface area contributed by atoms with E-state index in [1.54, 1.807) is 0 Å². The van der Waals surface area contributed by atoms with Crippen LogP contribution in [0.4, 0.5) is 11.9 Å². The van der Waals surface area contributed by atoms with Gasteiger partial charge in [0.05, 0.1) is 6.10 Å². The van der Waals surface area contributed by atoms with E-state index in [0.717, 1.165) is 6.42 Å². The molecule has 1 rings (SSSR count). The number of rotatable bonds is 10. The van der Waals surface area contributed by atoms with Crippen molar-refractivity contribution in [3.05, 3.63) is 0 Å². The molecule has 0 spiro atoms. The van der Waals surface area contributed by atoms with Gasteiger partial charge in [-0.3, -0.25) is 5.43 Å². The maximum absolute atomic E-state index is 5.49. The summed E-state index contributed by atoms with van der Waals surface area (Å²) in [6, 6.07) is 0.565. The molecule has 1 heterocycles. The fourth-order valence-electron chi connectivity index (χ4n) is 1.92. The summed E-state index contributed by atoms with van der Waals surface area (Å²) in [6.07, 6.45) is 6.07. The monoisotopic (exact) mass is 296 g/mol. The van der Waals surface area contributed by atoms with Crippen LogP contribution in [0.15, 0.2) is 0 Å². The number of hydrogen-bond donors (Lipinski definition) is 3. The van der Waals surface area contributed by atoms with E-state index in [2.05, 4.69) is 39.5 Å². The van der Waals surface area contributed by atoms with Crippen molar-refractivity contribution < 1.29 is 4.74 Å². The molecule has 1 atom stereocenters. The molecule has 1 aromatic heterocycles. The highest BCUT2D eigenvalue weighted by Gasteiger charge is 2.10. The molecule has 0 aromatic carbocycles. The van der Waals surface area contributed by atoms with Crippen molar-refractivity contribution in [2.24, 2.45) is 5.84 Å². The van der Waals surface area contributed by atoms with Crippen LogP contribution in [-0.2, 0) is 0 Å². The topological polar surface area (TPSA) is 98.0 Å². The largest absolute Gasteiger partial charge is 0.461 e. The van der Waals surface area contributed by atoms with Crippen LogP contribution in [0.1, 0.15) is 59.8 Å². The van der Waals surface area contributed by atoms with Crippen LogP contribution in [0.5, 0.6) is 6.01 Å². The molecule has 0 amide bonds. The summed E-state index contributed by atoms with van der Waals surface area (Å²) >= 11 is 0. The number of anilines is 2. The fraction of sp³-hybridized carbons (Fsp3) is 0.786. The van der Waals surface area contributed by atoms with E-state index in [-0.39, 0.29) is 12.1 Å². The zero-order valence-electron chi connectivity index (χ0n) is 13.5. The zero-order chi connectivity index (χ0) is 15.7. The Hall–Kier alpha value is -1.63. The van der Waals surface area contributed by atoms with Gasteiger partial charge in [0.1, 0.15) is 0 Å². The predicted octanol–water partition coefficient (Wildman–Crippen LogP) is 2.72. The number of hydrazine groups is 1. The third-order valence-electron chi connectivity index (χ3n) is 2.95. The molecule has 0 aliphatic heterocycles. The molecular weight excluding hydrogens is 268 g/mol. The molecule has 21 heavy (non-hydrogen) atoms. The first-order valence-corrected chi connectivity index (χ1v) is 7.71. The SMILES string of the molecule is CCCCCCC(C)Nc1nc(NN)nc(OC(C)C)n1. The predicted molar refractivity (Wildman–Crippen MR) is 85.2 cm³/mol. The number of ether oxygens (including phenoxy) is 1. The molecule has 0 radical (unpaired) electrons. The molecule has 0 aliphatic carbocycles. The van der Waals surface area contributed by atoms with Crippen molar-refractivity contribution in [2.75, 3.05) is 10.7 Å². The van der Waals surface area contributed by atoms with Gasteiger partial charge >= 0.3 is 6.01 Å². The van der Waals surface area contributed by atoms with Crippen molar-refractivity contribution in [3.63, 3.8) is 0 Å². The third kappa shape index (κ3) is 7.08. The first-order valence-electron chi connectivity index (χ1n) is 7.71. The first kappa shape index (κ1) is 17.4. The molecule has 1 aromatic rings. The quantitative estimate of drug-likeness (QED) is 0.347. The van der Waals surface area contributed by atoms with Crippen LogP contribution in [-0.4, -0.2) is 27.1 Å². The average Bonchev–Trinajstić information content (AvgIpc) is 2.42. The molecule has 4 N–H and O–H groups in total. The minimum atomic E-state index is -0.00246. The molecule has 0 saturated carbocycles. The van der Waals surface area contributed by atoms with Gasteiger partial charge in [0.25, 0.3) is 0 Å². The van der Waals surface area contributed by atoms with Gasteiger partial charge in [0.15, 0.2) is 0 Å². The molecule has 7 heteroatoms. The Kier molecular flexibility index (Phi) is 7.74. The smallest absolute Gasteiger partial charge is 0.323 e. The lowest BCUT2D eigenvalue weighted by Gasteiger charge is -2.15. The average molecular weight is 296 g/mol. The van der Waals surface area contributed by atoms with Crippen LogP contribution in [0.3, 0.4) is 0 Å². The Morgan fingerprint density at radius 1 is 1.05 bits per heavy atom. The van der Waals surface area contributed by atoms with Crippen LogP contribution >= 0.6 is 0 Å². The van der Waals surface area contributed by atoms with E-state index in [1.165, 1.54) is 25.7 Å². The maximum Gasteiger partial charge on any atom is 0.323 e. The lowest BCUT2D eigenvalue weighted by molar-refractivity contribution is 0.222. The summed E-state index contributed by atoms with van der Waals surface area (Å²) in [7, 11) is 0. The van der Waals surface area contributed by atoms with Crippen LogP contribution in [0.2, 0.25) is 0 Å². The Morgan fingerprint density at radius 2 is 1.76 bits per heavy atom. The van der Waals surface area contributed by atoms with Crippen molar-refractivity contribution in [1.29, 1.82) is 0 Å². The highest BCUT2D eigenvalue weighted by molar-refractivity contribution is 5.35. The maximum atomic E-state index is 5.49. The first-order chi connectivity index (χ1) is 10.0. The number of aromatic nitrogens is 3. The van der Waals surface area contributed by atoms with Gasteiger partial charge in [0.2, 0.25) is 11.9 Å². The summed E-state index contributed by atoms with van der Waals surface area (Å²) in [5, 5.41) is 3.27. The van der Waals surface area contributed by atoms with Gasteiger partial charge in [-0.15, -0.1) is 0 Å². The van der Waals surface area contributed by atoms with Crippen LogP contribution in [0.25, 0.3) is 0 Å². The van der Waals surface area contributed by atoms with Gasteiger partial charge in [-0.05, 0) is 27.2 Å². The van der Waals surface area contributed by atoms with Crippen molar-refractivity contribution in [3.8, 4) is 6.01 Å². The normalized spacial score (nSPS) is 12.3. The molecule has 7 nitrogen and oxygen atoms in total. The summed E-state index contributed by atoms with van der Waals surface area (Å²) in [6.45, 7) is 8.17. The molecule has 0 bridgehead atoms. The number of nitrogens with two attached hydrogens (primary N) is 1. The number of unbranched alkanes of at least 4 members (excludes halogenated alkanes) is 3. The molecule has 1 unspecified atom stereocenters. The standard InChI is InChI=1S/C14H28N6O/c1-5-6-7-8-9-11(4)16-12-17-13(20-15)19-14(18-12)21-10(2)3/h10-11H,5-9,15H2,1-4H3,(H2,16,17,18,19,20). The Labute approximate surface area is 127 Å². The van der Waals surface area contributed by atoms with E-state index in [4.69, 9.17) is 10.6 Å². The van der Waals surface area contributed by atoms with Gasteiger partial charge < -0.3 is 10.1 Å². The zero-order valence-corrected chi connectivity index (χ0v) is 13.5. The van der Waals surface area contributed by atoms with E-state index < -0.39 is 0 Å². The minimum Gasteiger partial charge on any atom is -0.461 e. The minimum absolute atomic E-state index is 0.00246. The summed E-state index contributed by atoms with van der Waals surface area (Å²) < 4.78 is 5.49. The Balaban J connectivity index is 2.59. The lowest BCUT2D eigenvalue weighted by atomic mass is 10.1. The number of hydrogen-bond acceptors (Lipinski definition) is 7. The van der Waals surface area contributed by atoms with Gasteiger partial charge in [-0.2, -0.15) is 15.0 Å². The molecule has 0 aliphatic rings. The summed E-state index contributed by atoms with van der Waals surface area (Å²) in [5.41, 5.74) is 2.43. The highest BCUT2D eigenvalue weighted by Crippen LogP contribution is 2.14. The second kappa shape index (κ2) is 9.33. The molecule has 0 saturated heterocycles. The molecule has 0 fully saturated rings. The summed E-state index contributed by atoms with van der Waals surface area (Å²) in [5.74, 6) is 6.15. The molecule has 120 valence electrons. The third-order valence-corrected chi connectivity index (χ3v) is 2.95. The Morgan fingerprint density at radius 3 is 2.38 bits per heavy atom. The summed E-state index contributed by atoms with van der Waals surface area (Å²) in [4.78, 5) is 12.5. The van der Waals surface area contributed by atoms with Gasteiger partial charge in [-0.25, -0.2) is 5.84 Å². The second-order valence-electron chi connectivity index (χ2n) is 5.47. The highest BCUT2D eigenvalue weighted by atomic mass is 16.5. The fourth-order valence-corrected chi connectivity index (χ4v) is 1.92. The van der Waals surface area contributed by atoms with E-state index >= 15 is 0 Å². The van der Waals surface area contributed by atoms with Gasteiger partial charge in [0, 0.05) is 6.04 Å². The van der Waals surface area contributed by atoms with Crippen LogP contribution in [0, 0.1) is 0 Å². The van der Waals surface area contributed by atoms with E-state index in [0.29, 0.717) is 17.9 Å². The van der Waals surface area contributed by atoms with E-state index in [1.807, 2.05) is 13.8 Å². The Bertz CT molecular complexity index is 412. The van der Waals surface area contributed by atoms with Crippen molar-refractivity contribution >= 4 is 11.9 Å².